The fourth-order valence-electron chi connectivity index (χ4n) is 2.54. The Morgan fingerprint density at radius 2 is 1.65 bits per heavy atom. The van der Waals surface area contributed by atoms with Crippen molar-refractivity contribution in [1.29, 1.82) is 0 Å². The predicted octanol–water partition coefficient (Wildman–Crippen LogP) is 5.65. The molecule has 0 aliphatic carbocycles. The zero-order chi connectivity index (χ0) is 18.0. The zero-order valence-corrected chi connectivity index (χ0v) is 15.6. The van der Waals surface area contributed by atoms with Crippen LogP contribution in [0.15, 0.2) is 42.5 Å². The van der Waals surface area contributed by atoms with E-state index in [1.807, 2.05) is 0 Å². The van der Waals surface area contributed by atoms with E-state index in [9.17, 15) is 13.2 Å². The molecular weight excluding hydrogens is 414 g/mol. The van der Waals surface area contributed by atoms with Crippen molar-refractivity contribution < 1.29 is 22.6 Å². The van der Waals surface area contributed by atoms with Gasteiger partial charge in [0.25, 0.3) is 0 Å². The highest BCUT2D eigenvalue weighted by atomic mass is 35.5. The Morgan fingerprint density at radius 3 is 2.19 bits per heavy atom. The number of ether oxygens (including phenoxy) is 2. The van der Waals surface area contributed by atoms with Gasteiger partial charge in [-0.3, -0.25) is 0 Å². The molecule has 0 bridgehead atoms. The first-order valence-corrected chi connectivity index (χ1v) is 8.26. The zero-order valence-electron chi connectivity index (χ0n) is 13.2. The number of para-hydroxylation sites is 2. The van der Waals surface area contributed by atoms with Gasteiger partial charge in [0.05, 0.1) is 10.0 Å². The first-order chi connectivity index (χ1) is 11.8. The molecule has 3 rings (SSSR count). The topological polar surface area (TPSA) is 30.5 Å². The van der Waals surface area contributed by atoms with Gasteiger partial charge in [0.1, 0.15) is 6.10 Å². The Labute approximate surface area is 164 Å². The van der Waals surface area contributed by atoms with Crippen molar-refractivity contribution in [2.24, 2.45) is 5.92 Å². The Kier molecular flexibility index (Phi) is 6.91. The van der Waals surface area contributed by atoms with Crippen LogP contribution in [0.4, 0.5) is 13.2 Å². The van der Waals surface area contributed by atoms with Crippen LogP contribution in [0.1, 0.15) is 11.7 Å². The van der Waals surface area contributed by atoms with Crippen LogP contribution >= 0.6 is 35.6 Å². The summed E-state index contributed by atoms with van der Waals surface area (Å²) in [5.41, 5.74) is 0.739. The van der Waals surface area contributed by atoms with Gasteiger partial charge in [-0.05, 0) is 29.8 Å². The van der Waals surface area contributed by atoms with Crippen molar-refractivity contribution in [3.05, 3.63) is 58.1 Å². The third-order valence-electron chi connectivity index (χ3n) is 3.84. The summed E-state index contributed by atoms with van der Waals surface area (Å²) in [6.07, 6.45) is -5.27. The van der Waals surface area contributed by atoms with Crippen LogP contribution in [-0.2, 0) is 0 Å². The molecule has 0 amide bonds. The maximum Gasteiger partial charge on any atom is 0.573 e. The number of nitrogens with one attached hydrogen (secondary N) is 1. The second kappa shape index (κ2) is 8.57. The van der Waals surface area contributed by atoms with E-state index in [4.69, 9.17) is 27.9 Å². The van der Waals surface area contributed by atoms with Crippen molar-refractivity contribution in [3.63, 3.8) is 0 Å². The SMILES string of the molecule is Cl.FC(F)(F)Oc1ccccc1O[C@@H](c1ccc(Cl)c(Cl)c1)C1CNC1. The highest BCUT2D eigenvalue weighted by molar-refractivity contribution is 6.42. The van der Waals surface area contributed by atoms with Crippen LogP contribution in [0.5, 0.6) is 11.5 Å². The first kappa shape index (κ1) is 21.0. The molecule has 142 valence electrons. The average molecular weight is 429 g/mol. The van der Waals surface area contributed by atoms with E-state index in [0.29, 0.717) is 23.1 Å². The second-order valence-corrected chi connectivity index (χ2v) is 6.44. The third-order valence-corrected chi connectivity index (χ3v) is 4.58. The van der Waals surface area contributed by atoms with Gasteiger partial charge in [-0.15, -0.1) is 25.6 Å². The summed E-state index contributed by atoms with van der Waals surface area (Å²) in [5.74, 6) is -0.272. The molecule has 3 nitrogen and oxygen atoms in total. The summed E-state index contributed by atoms with van der Waals surface area (Å²) in [7, 11) is 0. The molecule has 9 heteroatoms. The van der Waals surface area contributed by atoms with E-state index in [2.05, 4.69) is 10.1 Å². The Bertz CT molecular complexity index is 754. The molecule has 1 atom stereocenters. The minimum atomic E-state index is -4.80. The number of halogens is 6. The normalized spacial score (nSPS) is 15.6. The smallest absolute Gasteiger partial charge is 0.481 e. The minimum absolute atomic E-state index is 0. The number of hydrogen-bond donors (Lipinski definition) is 1. The van der Waals surface area contributed by atoms with E-state index in [-0.39, 0.29) is 29.8 Å². The maximum atomic E-state index is 12.6. The molecule has 2 aromatic carbocycles. The van der Waals surface area contributed by atoms with Crippen molar-refractivity contribution >= 4 is 35.6 Å². The van der Waals surface area contributed by atoms with Crippen molar-refractivity contribution in [1.82, 2.24) is 5.32 Å². The number of rotatable bonds is 5. The molecular formula is C17H15Cl3F3NO2. The Hall–Kier alpha value is -1.34. The molecule has 1 fully saturated rings. The van der Waals surface area contributed by atoms with Gasteiger partial charge in [-0.2, -0.15) is 0 Å². The van der Waals surface area contributed by atoms with Gasteiger partial charge >= 0.3 is 6.36 Å². The summed E-state index contributed by atoms with van der Waals surface area (Å²) in [5, 5.41) is 3.89. The lowest BCUT2D eigenvalue weighted by Gasteiger charge is -2.35. The second-order valence-electron chi connectivity index (χ2n) is 5.62. The molecule has 26 heavy (non-hydrogen) atoms. The summed E-state index contributed by atoms with van der Waals surface area (Å²) >= 11 is 12.0. The quantitative estimate of drug-likeness (QED) is 0.667. The standard InChI is InChI=1S/C17H14Cl2F3NO2.ClH/c18-12-6-5-10(7-13(12)19)16(11-8-23-9-11)24-14-3-1-2-4-15(14)25-17(20,21)22;/h1-7,11,16,23H,8-9H2;1H/t16-;/m0./s1. The maximum absolute atomic E-state index is 12.6. The number of benzene rings is 2. The molecule has 0 aromatic heterocycles. The van der Waals surface area contributed by atoms with Gasteiger partial charge in [0, 0.05) is 19.0 Å². The lowest BCUT2D eigenvalue weighted by Crippen LogP contribution is -2.46. The van der Waals surface area contributed by atoms with E-state index in [0.717, 1.165) is 5.56 Å². The van der Waals surface area contributed by atoms with Gasteiger partial charge in [0.15, 0.2) is 11.5 Å². The minimum Gasteiger partial charge on any atom is -0.481 e. The molecule has 0 spiro atoms. The molecule has 0 radical (unpaired) electrons. The van der Waals surface area contributed by atoms with Crippen LogP contribution in [0.25, 0.3) is 0 Å². The predicted molar refractivity (Wildman–Crippen MR) is 96.6 cm³/mol. The Morgan fingerprint density at radius 1 is 1.00 bits per heavy atom. The summed E-state index contributed by atoms with van der Waals surface area (Å²) in [6, 6.07) is 10.8. The monoisotopic (exact) mass is 427 g/mol. The summed E-state index contributed by atoms with van der Waals surface area (Å²) in [4.78, 5) is 0. The molecule has 1 aliphatic heterocycles. The van der Waals surface area contributed by atoms with Gasteiger partial charge in [-0.1, -0.05) is 41.4 Å². The van der Waals surface area contributed by atoms with Gasteiger partial charge < -0.3 is 14.8 Å². The largest absolute Gasteiger partial charge is 0.573 e. The molecule has 1 heterocycles. The van der Waals surface area contributed by atoms with Crippen LogP contribution < -0.4 is 14.8 Å². The Balaban J connectivity index is 0.00000243. The molecule has 0 unspecified atom stereocenters. The molecule has 2 aromatic rings. The lowest BCUT2D eigenvalue weighted by molar-refractivity contribution is -0.275. The van der Waals surface area contributed by atoms with Gasteiger partial charge in [0.2, 0.25) is 0 Å². The lowest BCUT2D eigenvalue weighted by atomic mass is 9.91. The van der Waals surface area contributed by atoms with E-state index in [1.54, 1.807) is 24.3 Å². The van der Waals surface area contributed by atoms with Crippen LogP contribution in [0, 0.1) is 5.92 Å². The van der Waals surface area contributed by atoms with Crippen molar-refractivity contribution in [2.75, 3.05) is 13.1 Å². The van der Waals surface area contributed by atoms with Crippen molar-refractivity contribution in [3.8, 4) is 11.5 Å². The number of hydrogen-bond acceptors (Lipinski definition) is 3. The highest BCUT2D eigenvalue weighted by Gasteiger charge is 2.34. The highest BCUT2D eigenvalue weighted by Crippen LogP contribution is 2.38. The third kappa shape index (κ3) is 5.10. The molecule has 1 aliphatic rings. The van der Waals surface area contributed by atoms with E-state index in [1.165, 1.54) is 18.2 Å². The summed E-state index contributed by atoms with van der Waals surface area (Å²) < 4.78 is 47.8. The van der Waals surface area contributed by atoms with Crippen LogP contribution in [0.2, 0.25) is 10.0 Å². The number of alkyl halides is 3. The van der Waals surface area contributed by atoms with Crippen molar-refractivity contribution in [2.45, 2.75) is 12.5 Å². The molecule has 1 saturated heterocycles. The van der Waals surface area contributed by atoms with E-state index < -0.39 is 12.5 Å². The first-order valence-electron chi connectivity index (χ1n) is 7.50. The van der Waals surface area contributed by atoms with Crippen LogP contribution in [0.3, 0.4) is 0 Å². The fraction of sp³-hybridized carbons (Fsp3) is 0.294. The summed E-state index contributed by atoms with van der Waals surface area (Å²) in [6.45, 7) is 1.38. The van der Waals surface area contributed by atoms with E-state index >= 15 is 0 Å². The molecule has 1 N–H and O–H groups in total. The van der Waals surface area contributed by atoms with Gasteiger partial charge in [-0.25, -0.2) is 0 Å². The molecule has 0 saturated carbocycles. The van der Waals surface area contributed by atoms with Crippen LogP contribution in [-0.4, -0.2) is 19.5 Å². The average Bonchev–Trinajstić information content (AvgIpc) is 2.48. The fourth-order valence-corrected chi connectivity index (χ4v) is 2.85.